The lowest BCUT2D eigenvalue weighted by Crippen LogP contribution is -2.34. The van der Waals surface area contributed by atoms with Crippen LogP contribution in [0, 0.1) is 0 Å². The Morgan fingerprint density at radius 3 is 2.65 bits per heavy atom. The molecule has 4 nitrogen and oxygen atoms in total. The second-order valence-electron chi connectivity index (χ2n) is 4.13. The van der Waals surface area contributed by atoms with Crippen LogP contribution in [-0.2, 0) is 0 Å². The molecule has 4 heteroatoms. The van der Waals surface area contributed by atoms with Crippen LogP contribution in [0.5, 0.6) is 5.75 Å². The Labute approximate surface area is 103 Å². The first-order valence-electron chi connectivity index (χ1n) is 6.00. The lowest BCUT2D eigenvalue weighted by Gasteiger charge is -2.30. The minimum absolute atomic E-state index is 0.108. The van der Waals surface area contributed by atoms with Crippen molar-refractivity contribution in [2.75, 3.05) is 30.4 Å². The molecule has 0 fully saturated rings. The number of ether oxygens (including phenoxy) is 1. The van der Waals surface area contributed by atoms with Crippen LogP contribution < -0.4 is 15.4 Å². The van der Waals surface area contributed by atoms with Gasteiger partial charge in [-0.2, -0.15) is 0 Å². The lowest BCUT2D eigenvalue weighted by molar-refractivity contribution is 0.299. The number of rotatable bonds is 6. The molecule has 1 aromatic carbocycles. The van der Waals surface area contributed by atoms with E-state index in [-0.39, 0.29) is 12.6 Å². The number of hydrogen-bond acceptors (Lipinski definition) is 4. The van der Waals surface area contributed by atoms with Crippen molar-refractivity contribution in [2.45, 2.75) is 26.8 Å². The number of nitrogen functional groups attached to an aromatic ring is 1. The zero-order chi connectivity index (χ0) is 12.8. The molecule has 0 bridgehead atoms. The fourth-order valence-corrected chi connectivity index (χ4v) is 1.83. The topological polar surface area (TPSA) is 58.7 Å². The Hall–Kier alpha value is -1.42. The maximum Gasteiger partial charge on any atom is 0.144 e. The van der Waals surface area contributed by atoms with Crippen LogP contribution in [0.1, 0.15) is 20.8 Å². The van der Waals surface area contributed by atoms with Gasteiger partial charge in [-0.1, -0.05) is 6.07 Å². The normalized spacial score (nSPS) is 10.6. The van der Waals surface area contributed by atoms with Crippen LogP contribution in [0.3, 0.4) is 0 Å². The maximum absolute atomic E-state index is 9.10. The summed E-state index contributed by atoms with van der Waals surface area (Å²) < 4.78 is 5.47. The molecule has 3 N–H and O–H groups in total. The highest BCUT2D eigenvalue weighted by Gasteiger charge is 2.15. The van der Waals surface area contributed by atoms with Gasteiger partial charge in [-0.3, -0.25) is 0 Å². The summed E-state index contributed by atoms with van der Waals surface area (Å²) in [5.74, 6) is 0.702. The van der Waals surface area contributed by atoms with E-state index >= 15 is 0 Å². The van der Waals surface area contributed by atoms with Crippen molar-refractivity contribution in [1.29, 1.82) is 0 Å². The second-order valence-corrected chi connectivity index (χ2v) is 4.13. The third-order valence-corrected chi connectivity index (χ3v) is 2.62. The van der Waals surface area contributed by atoms with Gasteiger partial charge >= 0.3 is 0 Å². The van der Waals surface area contributed by atoms with Crippen LogP contribution in [0.15, 0.2) is 18.2 Å². The number of nitrogens with two attached hydrogens (primary N) is 1. The number of benzene rings is 1. The molecule has 1 aromatic rings. The zero-order valence-corrected chi connectivity index (χ0v) is 10.8. The van der Waals surface area contributed by atoms with Crippen molar-refractivity contribution >= 4 is 11.4 Å². The summed E-state index contributed by atoms with van der Waals surface area (Å²) in [7, 11) is 0. The average Bonchev–Trinajstić information content (AvgIpc) is 2.29. The van der Waals surface area contributed by atoms with Gasteiger partial charge in [0.05, 0.1) is 24.6 Å². The first kappa shape index (κ1) is 13.6. The van der Waals surface area contributed by atoms with E-state index in [1.165, 1.54) is 0 Å². The van der Waals surface area contributed by atoms with Gasteiger partial charge in [0.1, 0.15) is 5.75 Å². The molecule has 17 heavy (non-hydrogen) atoms. The number of aliphatic hydroxyl groups excluding tert-OH is 1. The maximum atomic E-state index is 9.10. The summed E-state index contributed by atoms with van der Waals surface area (Å²) in [6, 6.07) is 6.01. The monoisotopic (exact) mass is 238 g/mol. The van der Waals surface area contributed by atoms with E-state index in [9.17, 15) is 0 Å². The van der Waals surface area contributed by atoms with Crippen molar-refractivity contribution in [1.82, 2.24) is 0 Å². The molecule has 0 aliphatic rings. The summed E-state index contributed by atoms with van der Waals surface area (Å²) >= 11 is 0. The predicted octanol–water partition coefficient (Wildman–Crippen LogP) is 1.87. The van der Waals surface area contributed by atoms with E-state index < -0.39 is 0 Å². The molecule has 0 radical (unpaired) electrons. The van der Waals surface area contributed by atoms with Crippen molar-refractivity contribution < 1.29 is 9.84 Å². The molecular weight excluding hydrogens is 216 g/mol. The van der Waals surface area contributed by atoms with Gasteiger partial charge in [-0.05, 0) is 32.9 Å². The highest BCUT2D eigenvalue weighted by Crippen LogP contribution is 2.33. The average molecular weight is 238 g/mol. The Balaban J connectivity index is 3.06. The molecule has 0 aliphatic heterocycles. The van der Waals surface area contributed by atoms with Gasteiger partial charge in [0.15, 0.2) is 0 Å². The van der Waals surface area contributed by atoms with Gasteiger partial charge in [-0.15, -0.1) is 0 Å². The molecule has 0 unspecified atom stereocenters. The van der Waals surface area contributed by atoms with Gasteiger partial charge < -0.3 is 20.5 Å². The molecule has 0 atom stereocenters. The van der Waals surface area contributed by atoms with Gasteiger partial charge in [0.2, 0.25) is 0 Å². The molecule has 0 amide bonds. The largest absolute Gasteiger partial charge is 0.492 e. The van der Waals surface area contributed by atoms with Crippen LogP contribution in [-0.4, -0.2) is 30.9 Å². The van der Waals surface area contributed by atoms with E-state index in [1.54, 1.807) is 0 Å². The Morgan fingerprint density at radius 2 is 2.12 bits per heavy atom. The highest BCUT2D eigenvalue weighted by atomic mass is 16.5. The fourth-order valence-electron chi connectivity index (χ4n) is 1.83. The number of nitrogens with zero attached hydrogens (tertiary/aromatic N) is 1. The number of para-hydroxylation sites is 1. The molecule has 0 saturated carbocycles. The first-order valence-corrected chi connectivity index (χ1v) is 6.00. The summed E-state index contributed by atoms with van der Waals surface area (Å²) in [5, 5.41) is 9.10. The van der Waals surface area contributed by atoms with Crippen LogP contribution >= 0.6 is 0 Å². The molecule has 0 heterocycles. The van der Waals surface area contributed by atoms with Crippen LogP contribution in [0.2, 0.25) is 0 Å². The summed E-state index contributed by atoms with van der Waals surface area (Å²) in [5.41, 5.74) is 7.64. The smallest absolute Gasteiger partial charge is 0.144 e. The van der Waals surface area contributed by atoms with Crippen molar-refractivity contribution in [3.8, 4) is 5.75 Å². The summed E-state index contributed by atoms with van der Waals surface area (Å²) in [6.07, 6.45) is 0. The standard InChI is InChI=1S/C13H22N2O2/c1-4-17-12-7-5-6-11(13(12)14)15(8-9-16)10(2)3/h5-7,10,16H,4,8-9,14H2,1-3H3. The number of hydrogen-bond donors (Lipinski definition) is 2. The molecule has 0 saturated heterocycles. The number of anilines is 2. The summed E-state index contributed by atoms with van der Waals surface area (Å²) in [4.78, 5) is 2.07. The van der Waals surface area contributed by atoms with Crippen LogP contribution in [0.25, 0.3) is 0 Å². The minimum Gasteiger partial charge on any atom is -0.492 e. The second kappa shape index (κ2) is 6.35. The molecule has 0 spiro atoms. The molecule has 1 rings (SSSR count). The van der Waals surface area contributed by atoms with Gasteiger partial charge in [-0.25, -0.2) is 0 Å². The molecule has 0 aromatic heterocycles. The summed E-state index contributed by atoms with van der Waals surface area (Å²) in [6.45, 7) is 7.34. The van der Waals surface area contributed by atoms with Gasteiger partial charge in [0, 0.05) is 12.6 Å². The van der Waals surface area contributed by atoms with Crippen LogP contribution in [0.4, 0.5) is 11.4 Å². The lowest BCUT2D eigenvalue weighted by atomic mass is 10.2. The SMILES string of the molecule is CCOc1cccc(N(CCO)C(C)C)c1N. The highest BCUT2D eigenvalue weighted by molar-refractivity contribution is 5.74. The molecule has 96 valence electrons. The molecule has 0 aliphatic carbocycles. The number of aliphatic hydroxyl groups is 1. The fraction of sp³-hybridized carbons (Fsp3) is 0.538. The van der Waals surface area contributed by atoms with Crippen molar-refractivity contribution in [3.05, 3.63) is 18.2 Å². The van der Waals surface area contributed by atoms with Crippen molar-refractivity contribution in [2.24, 2.45) is 0 Å². The third-order valence-electron chi connectivity index (χ3n) is 2.62. The van der Waals surface area contributed by atoms with E-state index in [2.05, 4.69) is 18.7 Å². The van der Waals surface area contributed by atoms with E-state index in [1.807, 2.05) is 25.1 Å². The molecular formula is C13H22N2O2. The third kappa shape index (κ3) is 3.27. The Bertz CT molecular complexity index is 353. The van der Waals surface area contributed by atoms with Crippen molar-refractivity contribution in [3.63, 3.8) is 0 Å². The van der Waals surface area contributed by atoms with Gasteiger partial charge in [0.25, 0.3) is 0 Å². The quantitative estimate of drug-likeness (QED) is 0.743. The first-order chi connectivity index (χ1) is 8.11. The minimum atomic E-state index is 0.108. The van der Waals surface area contributed by atoms with E-state index in [0.717, 1.165) is 5.69 Å². The van der Waals surface area contributed by atoms with E-state index in [0.29, 0.717) is 24.6 Å². The van der Waals surface area contributed by atoms with E-state index in [4.69, 9.17) is 15.6 Å². The zero-order valence-electron chi connectivity index (χ0n) is 10.8. The Morgan fingerprint density at radius 1 is 1.41 bits per heavy atom. The Kier molecular flexibility index (Phi) is 5.10. The predicted molar refractivity (Wildman–Crippen MR) is 71.6 cm³/mol.